The third-order valence-corrected chi connectivity index (χ3v) is 5.03. The number of hydrogen-bond acceptors (Lipinski definition) is 5. The standard InChI is InChI=1S/C17H25N5O2/c1-12-16(20-6-5-18-12)14-3-8-21(9-4-14)17(24)15-11-22(13(2)23)10-7-19-15/h5-6,14-15,19H,3-4,7-11H2,1-2H3/t15-/m0/s1. The molecule has 2 saturated heterocycles. The van der Waals surface area contributed by atoms with E-state index in [-0.39, 0.29) is 17.9 Å². The highest BCUT2D eigenvalue weighted by molar-refractivity contribution is 5.83. The molecule has 2 fully saturated rings. The maximum Gasteiger partial charge on any atom is 0.241 e. The zero-order chi connectivity index (χ0) is 17.1. The lowest BCUT2D eigenvalue weighted by Crippen LogP contribution is -2.59. The number of aryl methyl sites for hydroxylation is 1. The molecule has 0 aromatic carbocycles. The van der Waals surface area contributed by atoms with Gasteiger partial charge < -0.3 is 15.1 Å². The number of piperidine rings is 1. The molecule has 2 aliphatic rings. The first-order valence-electron chi connectivity index (χ1n) is 8.61. The number of carbonyl (C=O) groups is 2. The molecule has 0 saturated carbocycles. The Balaban J connectivity index is 1.57. The largest absolute Gasteiger partial charge is 0.341 e. The average Bonchev–Trinajstić information content (AvgIpc) is 2.62. The van der Waals surface area contributed by atoms with Crippen molar-refractivity contribution in [3.05, 3.63) is 23.8 Å². The highest BCUT2D eigenvalue weighted by atomic mass is 16.2. The maximum atomic E-state index is 12.7. The summed E-state index contributed by atoms with van der Waals surface area (Å²) in [5.74, 6) is 0.511. The normalized spacial score (nSPS) is 22.5. The molecular weight excluding hydrogens is 306 g/mol. The molecule has 7 heteroatoms. The van der Waals surface area contributed by atoms with Gasteiger partial charge in [0.1, 0.15) is 6.04 Å². The van der Waals surface area contributed by atoms with Gasteiger partial charge in [-0.1, -0.05) is 0 Å². The predicted octanol–water partition coefficient (Wildman–Crippen LogP) is 0.311. The van der Waals surface area contributed by atoms with Crippen LogP contribution >= 0.6 is 0 Å². The number of hydrogen-bond donors (Lipinski definition) is 1. The van der Waals surface area contributed by atoms with Crippen molar-refractivity contribution in [2.24, 2.45) is 0 Å². The topological polar surface area (TPSA) is 78.4 Å². The van der Waals surface area contributed by atoms with E-state index in [2.05, 4.69) is 15.3 Å². The predicted molar refractivity (Wildman–Crippen MR) is 89.4 cm³/mol. The van der Waals surface area contributed by atoms with E-state index in [0.29, 0.717) is 25.6 Å². The van der Waals surface area contributed by atoms with Crippen LogP contribution in [0.4, 0.5) is 0 Å². The van der Waals surface area contributed by atoms with Crippen LogP contribution in [0.3, 0.4) is 0 Å². The number of amides is 2. The third kappa shape index (κ3) is 3.56. The van der Waals surface area contributed by atoms with Crippen LogP contribution in [0.2, 0.25) is 0 Å². The van der Waals surface area contributed by atoms with Gasteiger partial charge in [-0.15, -0.1) is 0 Å². The van der Waals surface area contributed by atoms with Gasteiger partial charge in [-0.3, -0.25) is 19.6 Å². The first-order valence-corrected chi connectivity index (χ1v) is 8.61. The molecule has 1 aromatic rings. The van der Waals surface area contributed by atoms with Gasteiger partial charge >= 0.3 is 0 Å². The van der Waals surface area contributed by atoms with E-state index in [1.165, 1.54) is 0 Å². The first-order chi connectivity index (χ1) is 11.6. The molecule has 1 atom stereocenters. The molecule has 0 spiro atoms. The smallest absolute Gasteiger partial charge is 0.241 e. The summed E-state index contributed by atoms with van der Waals surface area (Å²) in [6.07, 6.45) is 5.28. The SMILES string of the molecule is CC(=O)N1CCN[C@H](C(=O)N2CCC(c3nccnc3C)CC2)C1. The van der Waals surface area contributed by atoms with Crippen LogP contribution in [0.1, 0.15) is 37.1 Å². The Kier molecular flexibility index (Phi) is 5.08. The van der Waals surface area contributed by atoms with E-state index in [1.54, 1.807) is 24.2 Å². The minimum atomic E-state index is -0.280. The molecule has 3 heterocycles. The molecule has 24 heavy (non-hydrogen) atoms. The molecule has 130 valence electrons. The van der Waals surface area contributed by atoms with Gasteiger partial charge in [0.15, 0.2) is 0 Å². The Morgan fingerprint density at radius 1 is 1.12 bits per heavy atom. The summed E-state index contributed by atoms with van der Waals surface area (Å²) >= 11 is 0. The Hall–Kier alpha value is -2.02. The Bertz CT molecular complexity index is 613. The van der Waals surface area contributed by atoms with E-state index >= 15 is 0 Å². The van der Waals surface area contributed by atoms with Crippen molar-refractivity contribution >= 4 is 11.8 Å². The van der Waals surface area contributed by atoms with Crippen LogP contribution < -0.4 is 5.32 Å². The molecule has 0 radical (unpaired) electrons. The van der Waals surface area contributed by atoms with E-state index in [4.69, 9.17) is 0 Å². The molecule has 3 rings (SSSR count). The minimum absolute atomic E-state index is 0.0335. The summed E-state index contributed by atoms with van der Waals surface area (Å²) in [4.78, 5) is 36.7. The maximum absolute atomic E-state index is 12.7. The van der Waals surface area contributed by atoms with Crippen LogP contribution in [-0.4, -0.2) is 70.3 Å². The molecule has 1 aromatic heterocycles. The number of rotatable bonds is 2. The van der Waals surface area contributed by atoms with Gasteiger partial charge in [0, 0.05) is 58.0 Å². The second kappa shape index (κ2) is 7.25. The van der Waals surface area contributed by atoms with E-state index < -0.39 is 0 Å². The van der Waals surface area contributed by atoms with Crippen molar-refractivity contribution in [3.8, 4) is 0 Å². The average molecular weight is 331 g/mol. The fraction of sp³-hybridized carbons (Fsp3) is 0.647. The summed E-state index contributed by atoms with van der Waals surface area (Å²) in [6, 6.07) is -0.280. The first kappa shape index (κ1) is 16.8. The zero-order valence-corrected chi connectivity index (χ0v) is 14.4. The minimum Gasteiger partial charge on any atom is -0.341 e. The molecule has 2 amide bonds. The highest BCUT2D eigenvalue weighted by Crippen LogP contribution is 2.28. The van der Waals surface area contributed by atoms with Crippen molar-refractivity contribution in [2.45, 2.75) is 38.6 Å². The fourth-order valence-electron chi connectivity index (χ4n) is 3.61. The highest BCUT2D eigenvalue weighted by Gasteiger charge is 2.32. The van der Waals surface area contributed by atoms with Gasteiger partial charge in [0.2, 0.25) is 11.8 Å². The molecule has 1 N–H and O–H groups in total. The molecule has 7 nitrogen and oxygen atoms in total. The summed E-state index contributed by atoms with van der Waals surface area (Å²) in [5, 5.41) is 3.25. The van der Waals surface area contributed by atoms with Crippen LogP contribution in [0.25, 0.3) is 0 Å². The number of piperazine rings is 1. The molecule has 0 unspecified atom stereocenters. The summed E-state index contributed by atoms with van der Waals surface area (Å²) in [7, 11) is 0. The van der Waals surface area contributed by atoms with Gasteiger partial charge in [0.05, 0.1) is 11.4 Å². The van der Waals surface area contributed by atoms with Gasteiger partial charge in [0.25, 0.3) is 0 Å². The quantitative estimate of drug-likeness (QED) is 0.844. The second-order valence-electron chi connectivity index (χ2n) is 6.60. The lowest BCUT2D eigenvalue weighted by Gasteiger charge is -2.38. The van der Waals surface area contributed by atoms with Crippen molar-refractivity contribution in [1.29, 1.82) is 0 Å². The number of aromatic nitrogens is 2. The monoisotopic (exact) mass is 331 g/mol. The van der Waals surface area contributed by atoms with E-state index in [1.807, 2.05) is 11.8 Å². The van der Waals surface area contributed by atoms with E-state index in [9.17, 15) is 9.59 Å². The van der Waals surface area contributed by atoms with Crippen molar-refractivity contribution < 1.29 is 9.59 Å². The molecular formula is C17H25N5O2. The van der Waals surface area contributed by atoms with Crippen molar-refractivity contribution in [3.63, 3.8) is 0 Å². The number of nitrogens with one attached hydrogen (secondary N) is 1. The van der Waals surface area contributed by atoms with Gasteiger partial charge in [-0.05, 0) is 19.8 Å². The van der Waals surface area contributed by atoms with Crippen LogP contribution in [0.5, 0.6) is 0 Å². The van der Waals surface area contributed by atoms with Crippen molar-refractivity contribution in [1.82, 2.24) is 25.1 Å². The van der Waals surface area contributed by atoms with Crippen LogP contribution in [0.15, 0.2) is 12.4 Å². The fourth-order valence-corrected chi connectivity index (χ4v) is 3.61. The number of likely N-dealkylation sites (tertiary alicyclic amines) is 1. The number of carbonyl (C=O) groups excluding carboxylic acids is 2. The van der Waals surface area contributed by atoms with Crippen LogP contribution in [-0.2, 0) is 9.59 Å². The Morgan fingerprint density at radius 2 is 1.83 bits per heavy atom. The van der Waals surface area contributed by atoms with E-state index in [0.717, 1.165) is 37.3 Å². The zero-order valence-electron chi connectivity index (χ0n) is 14.4. The van der Waals surface area contributed by atoms with Crippen LogP contribution in [0, 0.1) is 6.92 Å². The van der Waals surface area contributed by atoms with Gasteiger partial charge in [-0.2, -0.15) is 0 Å². The third-order valence-electron chi connectivity index (χ3n) is 5.03. The Morgan fingerprint density at radius 3 is 2.50 bits per heavy atom. The second-order valence-corrected chi connectivity index (χ2v) is 6.60. The number of nitrogens with zero attached hydrogens (tertiary/aromatic N) is 4. The molecule has 0 bridgehead atoms. The lowest BCUT2D eigenvalue weighted by molar-refractivity contribution is -0.138. The molecule has 2 aliphatic heterocycles. The van der Waals surface area contributed by atoms with Crippen molar-refractivity contribution in [2.75, 3.05) is 32.7 Å². The molecule has 0 aliphatic carbocycles. The lowest BCUT2D eigenvalue weighted by atomic mass is 9.91. The summed E-state index contributed by atoms with van der Waals surface area (Å²) in [5.41, 5.74) is 2.04. The summed E-state index contributed by atoms with van der Waals surface area (Å²) < 4.78 is 0. The summed E-state index contributed by atoms with van der Waals surface area (Å²) in [6.45, 7) is 6.83. The Labute approximate surface area is 142 Å². The van der Waals surface area contributed by atoms with Gasteiger partial charge in [-0.25, -0.2) is 0 Å².